The Labute approximate surface area is 145 Å². The molecule has 0 bridgehead atoms. The van der Waals surface area contributed by atoms with Gasteiger partial charge in [-0.15, -0.1) is 0 Å². The van der Waals surface area contributed by atoms with Gasteiger partial charge in [-0.25, -0.2) is 0 Å². The van der Waals surface area contributed by atoms with Gasteiger partial charge in [0.05, 0.1) is 5.71 Å². The van der Waals surface area contributed by atoms with Crippen LogP contribution in [0.25, 0.3) is 0 Å². The largest absolute Gasteiger partial charge is 0.376 e. The van der Waals surface area contributed by atoms with Crippen molar-refractivity contribution >= 4 is 5.71 Å². The van der Waals surface area contributed by atoms with Gasteiger partial charge in [-0.3, -0.25) is 0 Å². The molecule has 1 fully saturated rings. The third kappa shape index (κ3) is 4.17. The van der Waals surface area contributed by atoms with Crippen LogP contribution in [0.3, 0.4) is 0 Å². The summed E-state index contributed by atoms with van der Waals surface area (Å²) in [6.07, 6.45) is 11.2. The zero-order chi connectivity index (χ0) is 16.8. The Morgan fingerprint density at radius 1 is 1.12 bits per heavy atom. The quantitative estimate of drug-likeness (QED) is 0.643. The Hall–Kier alpha value is -1.82. The molecule has 0 aromatic heterocycles. The molecule has 0 N–H and O–H groups in total. The van der Waals surface area contributed by atoms with E-state index in [9.17, 15) is 0 Å². The minimum Gasteiger partial charge on any atom is -0.376 e. The van der Waals surface area contributed by atoms with E-state index in [2.05, 4.69) is 42.4 Å². The standard InChI is InChI=1S/C21H28N2O/c1-2-3-4-5-16-6-8-17(9-7-16)18-10-12-19(13-11-18)21-14-20(15-22)24-23-21/h10-13,16-17,20H,2-9,14H2,1H3. The number of hydrogen-bond acceptors (Lipinski definition) is 3. The topological polar surface area (TPSA) is 45.4 Å². The highest BCUT2D eigenvalue weighted by molar-refractivity contribution is 6.01. The van der Waals surface area contributed by atoms with Gasteiger partial charge in [0.1, 0.15) is 6.07 Å². The minimum atomic E-state index is -0.414. The lowest BCUT2D eigenvalue weighted by Gasteiger charge is -2.29. The van der Waals surface area contributed by atoms with Gasteiger partial charge in [0, 0.05) is 6.42 Å². The molecular weight excluding hydrogens is 296 g/mol. The van der Waals surface area contributed by atoms with Crippen LogP contribution >= 0.6 is 0 Å². The van der Waals surface area contributed by atoms with E-state index in [4.69, 9.17) is 10.1 Å². The van der Waals surface area contributed by atoms with E-state index < -0.39 is 6.10 Å². The highest BCUT2D eigenvalue weighted by atomic mass is 16.6. The van der Waals surface area contributed by atoms with E-state index in [1.54, 1.807) is 0 Å². The van der Waals surface area contributed by atoms with E-state index in [-0.39, 0.29) is 0 Å². The number of nitriles is 1. The molecule has 1 heterocycles. The summed E-state index contributed by atoms with van der Waals surface area (Å²) in [6.45, 7) is 2.28. The zero-order valence-electron chi connectivity index (χ0n) is 14.7. The second-order valence-electron chi connectivity index (χ2n) is 7.30. The third-order valence-electron chi connectivity index (χ3n) is 5.59. The van der Waals surface area contributed by atoms with Crippen molar-refractivity contribution < 1.29 is 4.84 Å². The average Bonchev–Trinajstić information content (AvgIpc) is 3.12. The van der Waals surface area contributed by atoms with Gasteiger partial charge < -0.3 is 4.84 Å². The van der Waals surface area contributed by atoms with Gasteiger partial charge in [-0.05, 0) is 48.6 Å². The molecule has 3 nitrogen and oxygen atoms in total. The highest BCUT2D eigenvalue weighted by Gasteiger charge is 2.24. The zero-order valence-corrected chi connectivity index (χ0v) is 14.7. The van der Waals surface area contributed by atoms with E-state index in [0.29, 0.717) is 6.42 Å². The molecule has 1 aromatic rings. The second-order valence-corrected chi connectivity index (χ2v) is 7.30. The fourth-order valence-corrected chi connectivity index (χ4v) is 4.03. The van der Waals surface area contributed by atoms with Crippen molar-refractivity contribution in [2.45, 2.75) is 76.7 Å². The lowest BCUT2D eigenvalue weighted by molar-refractivity contribution is 0.125. The molecule has 0 amide bonds. The lowest BCUT2D eigenvalue weighted by Crippen LogP contribution is -2.13. The smallest absolute Gasteiger partial charge is 0.218 e. The number of benzene rings is 1. The summed E-state index contributed by atoms with van der Waals surface area (Å²) >= 11 is 0. The van der Waals surface area contributed by atoms with Crippen molar-refractivity contribution in [1.82, 2.24) is 0 Å². The highest BCUT2D eigenvalue weighted by Crippen LogP contribution is 2.37. The summed E-state index contributed by atoms with van der Waals surface area (Å²) in [7, 11) is 0. The molecule has 1 aliphatic heterocycles. The Bertz CT molecular complexity index is 591. The van der Waals surface area contributed by atoms with Gasteiger partial charge in [-0.2, -0.15) is 5.26 Å². The van der Waals surface area contributed by atoms with Crippen molar-refractivity contribution in [2.75, 3.05) is 0 Å². The van der Waals surface area contributed by atoms with Gasteiger partial charge in [0.15, 0.2) is 0 Å². The fraction of sp³-hybridized carbons (Fsp3) is 0.619. The SMILES string of the molecule is CCCCCC1CCC(c2ccc(C3=NOC(C#N)C3)cc2)CC1. The minimum absolute atomic E-state index is 0.414. The van der Waals surface area contributed by atoms with Crippen LogP contribution in [0.4, 0.5) is 0 Å². The number of nitrogens with zero attached hydrogens (tertiary/aromatic N) is 2. The maximum absolute atomic E-state index is 8.89. The first-order valence-corrected chi connectivity index (χ1v) is 9.52. The lowest BCUT2D eigenvalue weighted by atomic mass is 9.77. The molecule has 0 radical (unpaired) electrons. The monoisotopic (exact) mass is 324 g/mol. The van der Waals surface area contributed by atoms with Crippen molar-refractivity contribution in [3.63, 3.8) is 0 Å². The number of hydrogen-bond donors (Lipinski definition) is 0. The molecule has 3 heteroatoms. The first-order chi connectivity index (χ1) is 11.8. The molecule has 1 atom stereocenters. The molecule has 0 spiro atoms. The summed E-state index contributed by atoms with van der Waals surface area (Å²) < 4.78 is 0. The van der Waals surface area contributed by atoms with Crippen LogP contribution in [-0.2, 0) is 4.84 Å². The van der Waals surface area contributed by atoms with Crippen LogP contribution in [0.15, 0.2) is 29.4 Å². The van der Waals surface area contributed by atoms with Crippen molar-refractivity contribution in [1.29, 1.82) is 5.26 Å². The molecule has 2 aliphatic rings. The predicted molar refractivity (Wildman–Crippen MR) is 96.9 cm³/mol. The summed E-state index contributed by atoms with van der Waals surface area (Å²) in [4.78, 5) is 5.09. The second kappa shape index (κ2) is 8.33. The number of rotatable bonds is 6. The predicted octanol–water partition coefficient (Wildman–Crippen LogP) is 5.56. The third-order valence-corrected chi connectivity index (χ3v) is 5.59. The molecule has 3 rings (SSSR count). The first kappa shape index (κ1) is 17.0. The van der Waals surface area contributed by atoms with Crippen LogP contribution in [0.5, 0.6) is 0 Å². The van der Waals surface area contributed by atoms with Crippen molar-refractivity contribution in [2.24, 2.45) is 11.1 Å². The number of oxime groups is 1. The molecule has 128 valence electrons. The summed E-state index contributed by atoms with van der Waals surface area (Å²) in [5, 5.41) is 12.9. The van der Waals surface area contributed by atoms with Crippen LogP contribution in [0.2, 0.25) is 0 Å². The van der Waals surface area contributed by atoms with Gasteiger partial charge in [0.25, 0.3) is 0 Å². The molecule has 0 saturated heterocycles. The maximum Gasteiger partial charge on any atom is 0.218 e. The molecule has 1 aliphatic carbocycles. The maximum atomic E-state index is 8.89. The Kier molecular flexibility index (Phi) is 5.91. The van der Waals surface area contributed by atoms with Crippen molar-refractivity contribution in [3.8, 4) is 6.07 Å². The van der Waals surface area contributed by atoms with Gasteiger partial charge in [0.2, 0.25) is 6.10 Å². The first-order valence-electron chi connectivity index (χ1n) is 9.52. The molecule has 1 saturated carbocycles. The summed E-state index contributed by atoms with van der Waals surface area (Å²) in [5.74, 6) is 1.68. The number of unbranched alkanes of at least 4 members (excludes halogenated alkanes) is 2. The summed E-state index contributed by atoms with van der Waals surface area (Å²) in [5.41, 5.74) is 3.44. The van der Waals surface area contributed by atoms with Crippen LogP contribution < -0.4 is 0 Å². The van der Waals surface area contributed by atoms with Crippen LogP contribution in [-0.4, -0.2) is 11.8 Å². The van der Waals surface area contributed by atoms with Gasteiger partial charge in [-0.1, -0.05) is 62.0 Å². The average molecular weight is 324 g/mol. The molecule has 24 heavy (non-hydrogen) atoms. The Morgan fingerprint density at radius 2 is 1.88 bits per heavy atom. The van der Waals surface area contributed by atoms with Crippen LogP contribution in [0, 0.1) is 17.2 Å². The molecular formula is C21H28N2O. The van der Waals surface area contributed by atoms with E-state index in [0.717, 1.165) is 23.1 Å². The molecule has 1 aromatic carbocycles. The van der Waals surface area contributed by atoms with Gasteiger partial charge >= 0.3 is 0 Å². The van der Waals surface area contributed by atoms with E-state index in [1.807, 2.05) is 0 Å². The molecule has 1 unspecified atom stereocenters. The Morgan fingerprint density at radius 3 is 2.50 bits per heavy atom. The normalized spacial score (nSPS) is 26.5. The van der Waals surface area contributed by atoms with Crippen LogP contribution in [0.1, 0.15) is 81.8 Å². The summed E-state index contributed by atoms with van der Waals surface area (Å²) in [6, 6.07) is 10.9. The van der Waals surface area contributed by atoms with E-state index >= 15 is 0 Å². The van der Waals surface area contributed by atoms with E-state index in [1.165, 1.54) is 56.9 Å². The van der Waals surface area contributed by atoms with Crippen molar-refractivity contribution in [3.05, 3.63) is 35.4 Å². The Balaban J connectivity index is 1.51. The fourth-order valence-electron chi connectivity index (χ4n) is 4.03.